The molecule has 4 heteroatoms. The molecule has 1 unspecified atom stereocenters. The smallest absolute Gasteiger partial charge is 0.253 e. The third-order valence-electron chi connectivity index (χ3n) is 2.60. The molecule has 0 spiro atoms. The zero-order valence-electron chi connectivity index (χ0n) is 8.20. The van der Waals surface area contributed by atoms with E-state index in [2.05, 4.69) is 5.32 Å². The second kappa shape index (κ2) is 2.97. The summed E-state index contributed by atoms with van der Waals surface area (Å²) in [5.74, 6) is 0.130. The fourth-order valence-electron chi connectivity index (χ4n) is 1.69. The van der Waals surface area contributed by atoms with Gasteiger partial charge in [-0.15, -0.1) is 0 Å². The lowest BCUT2D eigenvalue weighted by atomic mass is 9.93. The van der Waals surface area contributed by atoms with Gasteiger partial charge in [0.2, 0.25) is 0 Å². The maximum atomic E-state index is 11.5. The van der Waals surface area contributed by atoms with Gasteiger partial charge in [-0.2, -0.15) is 0 Å². The third kappa shape index (κ3) is 1.23. The van der Waals surface area contributed by atoms with E-state index in [1.807, 2.05) is 6.92 Å². The van der Waals surface area contributed by atoms with Crippen molar-refractivity contribution in [1.82, 2.24) is 9.88 Å². The van der Waals surface area contributed by atoms with Gasteiger partial charge in [0.15, 0.2) is 0 Å². The van der Waals surface area contributed by atoms with E-state index in [0.29, 0.717) is 12.1 Å². The van der Waals surface area contributed by atoms with Crippen LogP contribution in [0.25, 0.3) is 0 Å². The maximum absolute atomic E-state index is 11.5. The molecule has 1 amide bonds. The van der Waals surface area contributed by atoms with E-state index in [0.717, 1.165) is 5.56 Å². The summed E-state index contributed by atoms with van der Waals surface area (Å²) in [4.78, 5) is 22.8. The van der Waals surface area contributed by atoms with Crippen molar-refractivity contribution >= 4 is 5.91 Å². The molecule has 1 N–H and O–H groups in total. The molecule has 1 aromatic rings. The van der Waals surface area contributed by atoms with Gasteiger partial charge in [0.1, 0.15) is 0 Å². The summed E-state index contributed by atoms with van der Waals surface area (Å²) >= 11 is 0. The molecule has 2 rings (SSSR count). The second-order valence-corrected chi connectivity index (χ2v) is 3.70. The molecule has 0 saturated carbocycles. The van der Waals surface area contributed by atoms with E-state index in [-0.39, 0.29) is 17.4 Å². The molecule has 1 aromatic heterocycles. The molecule has 0 saturated heterocycles. The molecule has 0 aromatic carbocycles. The van der Waals surface area contributed by atoms with Crippen LogP contribution in [0.1, 0.15) is 28.8 Å². The van der Waals surface area contributed by atoms with Gasteiger partial charge in [-0.1, -0.05) is 6.92 Å². The van der Waals surface area contributed by atoms with Crippen LogP contribution >= 0.6 is 0 Å². The molecule has 1 aliphatic rings. The first-order chi connectivity index (χ1) is 6.59. The summed E-state index contributed by atoms with van der Waals surface area (Å²) in [6.07, 6.45) is 1.60. The van der Waals surface area contributed by atoms with Crippen molar-refractivity contribution in [2.24, 2.45) is 7.05 Å². The van der Waals surface area contributed by atoms with Crippen molar-refractivity contribution in [2.45, 2.75) is 12.8 Å². The van der Waals surface area contributed by atoms with Gasteiger partial charge in [-0.25, -0.2) is 0 Å². The molecule has 0 bridgehead atoms. The Morgan fingerprint density at radius 2 is 2.21 bits per heavy atom. The van der Waals surface area contributed by atoms with Crippen LogP contribution in [0, 0.1) is 0 Å². The van der Waals surface area contributed by atoms with Crippen molar-refractivity contribution < 1.29 is 4.79 Å². The van der Waals surface area contributed by atoms with Crippen LogP contribution in [-0.2, 0) is 7.05 Å². The molecule has 0 aliphatic carbocycles. The molecule has 14 heavy (non-hydrogen) atoms. The Hall–Kier alpha value is -1.58. The number of carbonyl (C=O) groups excluding carboxylic acids is 1. The average molecular weight is 192 g/mol. The summed E-state index contributed by atoms with van der Waals surface area (Å²) in [5, 5.41) is 2.78. The highest BCUT2D eigenvalue weighted by Crippen LogP contribution is 2.21. The number of pyridine rings is 1. The monoisotopic (exact) mass is 192 g/mol. The number of nitrogens with one attached hydrogen (secondary N) is 1. The highest BCUT2D eigenvalue weighted by Gasteiger charge is 2.22. The molecular formula is C10H12N2O2. The largest absolute Gasteiger partial charge is 0.351 e. The van der Waals surface area contributed by atoms with Crippen molar-refractivity contribution in [3.63, 3.8) is 0 Å². The number of fused-ring (bicyclic) bond motifs is 1. The van der Waals surface area contributed by atoms with Crippen molar-refractivity contribution in [1.29, 1.82) is 0 Å². The van der Waals surface area contributed by atoms with E-state index in [4.69, 9.17) is 0 Å². The Bertz CT molecular complexity index is 448. The van der Waals surface area contributed by atoms with Gasteiger partial charge < -0.3 is 9.88 Å². The second-order valence-electron chi connectivity index (χ2n) is 3.70. The third-order valence-corrected chi connectivity index (χ3v) is 2.60. The predicted molar refractivity (Wildman–Crippen MR) is 52.4 cm³/mol. The van der Waals surface area contributed by atoms with Crippen LogP contribution in [0.15, 0.2) is 17.1 Å². The van der Waals surface area contributed by atoms with Crippen LogP contribution in [0.3, 0.4) is 0 Å². The Balaban J connectivity index is 2.68. The van der Waals surface area contributed by atoms with Gasteiger partial charge in [0.25, 0.3) is 11.5 Å². The lowest BCUT2D eigenvalue weighted by molar-refractivity contribution is 0.0940. The SMILES string of the molecule is CC1CNC(=O)c2cn(C)c(=O)cc21. The quantitative estimate of drug-likeness (QED) is 0.639. The lowest BCUT2D eigenvalue weighted by Crippen LogP contribution is -2.36. The minimum atomic E-state index is -0.0892. The number of aryl methyl sites for hydroxylation is 1. The average Bonchev–Trinajstić information content (AvgIpc) is 2.15. The Morgan fingerprint density at radius 3 is 2.93 bits per heavy atom. The number of carbonyl (C=O) groups is 1. The number of rotatable bonds is 0. The fourth-order valence-corrected chi connectivity index (χ4v) is 1.69. The first-order valence-electron chi connectivity index (χ1n) is 4.58. The fraction of sp³-hybridized carbons (Fsp3) is 0.400. The van der Waals surface area contributed by atoms with E-state index in [9.17, 15) is 9.59 Å². The molecular weight excluding hydrogens is 180 g/mol. The Labute approximate surface area is 81.6 Å². The summed E-state index contributed by atoms with van der Waals surface area (Å²) in [6.45, 7) is 2.61. The number of hydrogen-bond donors (Lipinski definition) is 1. The van der Waals surface area contributed by atoms with Crippen LogP contribution < -0.4 is 10.9 Å². The van der Waals surface area contributed by atoms with Gasteiger partial charge >= 0.3 is 0 Å². The van der Waals surface area contributed by atoms with E-state index in [1.165, 1.54) is 4.57 Å². The van der Waals surface area contributed by atoms with Gasteiger partial charge in [-0.05, 0) is 11.5 Å². The summed E-state index contributed by atoms with van der Waals surface area (Å²) in [6, 6.07) is 1.55. The van der Waals surface area contributed by atoms with Gasteiger partial charge in [-0.3, -0.25) is 9.59 Å². The highest BCUT2D eigenvalue weighted by molar-refractivity contribution is 5.96. The molecule has 1 atom stereocenters. The van der Waals surface area contributed by atoms with Crippen molar-refractivity contribution in [3.8, 4) is 0 Å². The minimum Gasteiger partial charge on any atom is -0.351 e. The van der Waals surface area contributed by atoms with E-state index >= 15 is 0 Å². The molecule has 1 aliphatic heterocycles. The standard InChI is InChI=1S/C10H12N2O2/c1-6-4-11-10(14)8-5-12(2)9(13)3-7(6)8/h3,5-6H,4H2,1-2H3,(H,11,14). The molecule has 2 heterocycles. The van der Waals surface area contributed by atoms with Crippen LogP contribution in [-0.4, -0.2) is 17.0 Å². The Morgan fingerprint density at radius 1 is 1.50 bits per heavy atom. The first-order valence-corrected chi connectivity index (χ1v) is 4.58. The van der Waals surface area contributed by atoms with E-state index in [1.54, 1.807) is 19.3 Å². The number of amides is 1. The van der Waals surface area contributed by atoms with Crippen LogP contribution in [0.4, 0.5) is 0 Å². The normalized spacial score (nSPS) is 20.1. The summed E-state index contributed by atoms with van der Waals surface area (Å²) in [5.41, 5.74) is 1.41. The summed E-state index contributed by atoms with van der Waals surface area (Å²) in [7, 11) is 1.65. The number of nitrogens with zero attached hydrogens (tertiary/aromatic N) is 1. The first kappa shape index (κ1) is 8.99. The maximum Gasteiger partial charge on any atom is 0.253 e. The number of aromatic nitrogens is 1. The number of hydrogen-bond acceptors (Lipinski definition) is 2. The summed E-state index contributed by atoms with van der Waals surface area (Å²) < 4.78 is 1.43. The zero-order chi connectivity index (χ0) is 10.3. The van der Waals surface area contributed by atoms with Crippen molar-refractivity contribution in [3.05, 3.63) is 33.7 Å². The molecule has 4 nitrogen and oxygen atoms in total. The lowest BCUT2D eigenvalue weighted by Gasteiger charge is -2.22. The predicted octanol–water partition coefficient (Wildman–Crippen LogP) is 0.232. The van der Waals surface area contributed by atoms with Gasteiger partial charge in [0.05, 0.1) is 5.56 Å². The van der Waals surface area contributed by atoms with Crippen molar-refractivity contribution in [2.75, 3.05) is 6.54 Å². The Kier molecular flexibility index (Phi) is 1.91. The van der Waals surface area contributed by atoms with E-state index < -0.39 is 0 Å². The molecule has 0 radical (unpaired) electrons. The molecule has 0 fully saturated rings. The van der Waals surface area contributed by atoms with Crippen LogP contribution in [0.2, 0.25) is 0 Å². The minimum absolute atomic E-state index is 0.0645. The topological polar surface area (TPSA) is 51.1 Å². The zero-order valence-corrected chi connectivity index (χ0v) is 8.20. The van der Waals surface area contributed by atoms with Crippen LogP contribution in [0.5, 0.6) is 0 Å². The molecule has 74 valence electrons. The van der Waals surface area contributed by atoms with Gasteiger partial charge in [0, 0.05) is 25.9 Å². The highest BCUT2D eigenvalue weighted by atomic mass is 16.2.